The van der Waals surface area contributed by atoms with Crippen molar-refractivity contribution in [3.63, 3.8) is 0 Å². The largest absolute Gasteiger partial charge is 0.481 e. The quantitative estimate of drug-likeness (QED) is 0.824. The van der Waals surface area contributed by atoms with Crippen LogP contribution in [0, 0.1) is 13.8 Å². The van der Waals surface area contributed by atoms with E-state index in [1.165, 1.54) is 5.56 Å². The Hall–Kier alpha value is -2.41. The molecule has 1 aliphatic rings. The Balaban J connectivity index is 1.48. The number of nitrogens with zero attached hydrogens (tertiary/aromatic N) is 4. The lowest BCUT2D eigenvalue weighted by atomic mass is 10.2. The SMILES string of the molecule is Cc1ccc(OC(C)C(=O)N2CCN(Cc3noc(C)n3)CC2)cc1. The van der Waals surface area contributed by atoms with Gasteiger partial charge in [-0.1, -0.05) is 22.9 Å². The van der Waals surface area contributed by atoms with Crippen molar-refractivity contribution in [2.75, 3.05) is 26.2 Å². The number of aromatic nitrogens is 2. The highest BCUT2D eigenvalue weighted by Gasteiger charge is 2.26. The van der Waals surface area contributed by atoms with E-state index in [9.17, 15) is 4.79 Å². The van der Waals surface area contributed by atoms with Crippen molar-refractivity contribution >= 4 is 5.91 Å². The predicted octanol–water partition coefficient (Wildman–Crippen LogP) is 1.80. The van der Waals surface area contributed by atoms with Crippen LogP contribution in [0.3, 0.4) is 0 Å². The fourth-order valence-corrected chi connectivity index (χ4v) is 2.86. The Kier molecular flexibility index (Phi) is 5.33. The van der Waals surface area contributed by atoms with Crippen molar-refractivity contribution in [1.29, 1.82) is 0 Å². The lowest BCUT2D eigenvalue weighted by Crippen LogP contribution is -2.51. The van der Waals surface area contributed by atoms with Crippen molar-refractivity contribution in [1.82, 2.24) is 19.9 Å². The topological polar surface area (TPSA) is 71.7 Å². The number of carbonyl (C=O) groups excluding carboxylic acids is 1. The van der Waals surface area contributed by atoms with E-state index in [4.69, 9.17) is 9.26 Å². The van der Waals surface area contributed by atoms with Gasteiger partial charge in [-0.25, -0.2) is 0 Å². The molecule has 0 saturated carbocycles. The molecule has 2 heterocycles. The van der Waals surface area contributed by atoms with E-state index >= 15 is 0 Å². The molecule has 1 fully saturated rings. The first-order valence-corrected chi connectivity index (χ1v) is 8.55. The Labute approximate surface area is 147 Å². The van der Waals surface area contributed by atoms with E-state index in [1.807, 2.05) is 36.1 Å². The molecule has 1 unspecified atom stereocenters. The minimum Gasteiger partial charge on any atom is -0.481 e. The summed E-state index contributed by atoms with van der Waals surface area (Å²) in [5.41, 5.74) is 1.17. The molecule has 7 heteroatoms. The minimum atomic E-state index is -0.492. The summed E-state index contributed by atoms with van der Waals surface area (Å²) >= 11 is 0. The zero-order valence-electron chi connectivity index (χ0n) is 14.9. The highest BCUT2D eigenvalue weighted by Crippen LogP contribution is 2.15. The third kappa shape index (κ3) is 4.57. The number of amides is 1. The van der Waals surface area contributed by atoms with Gasteiger partial charge in [0.2, 0.25) is 5.89 Å². The number of benzene rings is 1. The molecule has 0 radical (unpaired) electrons. The van der Waals surface area contributed by atoms with Gasteiger partial charge < -0.3 is 14.2 Å². The molecule has 134 valence electrons. The van der Waals surface area contributed by atoms with Crippen LogP contribution >= 0.6 is 0 Å². The van der Waals surface area contributed by atoms with E-state index in [-0.39, 0.29) is 5.91 Å². The minimum absolute atomic E-state index is 0.0237. The van der Waals surface area contributed by atoms with Crippen molar-refractivity contribution in [2.45, 2.75) is 33.4 Å². The average Bonchev–Trinajstić information content (AvgIpc) is 3.02. The molecular formula is C18H24N4O3. The van der Waals surface area contributed by atoms with Gasteiger partial charge in [0.15, 0.2) is 11.9 Å². The van der Waals surface area contributed by atoms with Gasteiger partial charge in [0.25, 0.3) is 5.91 Å². The fourth-order valence-electron chi connectivity index (χ4n) is 2.86. The van der Waals surface area contributed by atoms with Crippen molar-refractivity contribution in [3.8, 4) is 5.75 Å². The number of ether oxygens (including phenoxy) is 1. The first-order valence-electron chi connectivity index (χ1n) is 8.55. The molecule has 1 aromatic heterocycles. The van der Waals surface area contributed by atoms with Crippen LogP contribution in [0.5, 0.6) is 5.75 Å². The van der Waals surface area contributed by atoms with Crippen LogP contribution < -0.4 is 4.74 Å². The van der Waals surface area contributed by atoms with Crippen LogP contribution in [0.4, 0.5) is 0 Å². The molecule has 1 aliphatic heterocycles. The van der Waals surface area contributed by atoms with E-state index in [0.29, 0.717) is 31.3 Å². The molecule has 0 bridgehead atoms. The maximum Gasteiger partial charge on any atom is 0.263 e. The molecule has 1 saturated heterocycles. The summed E-state index contributed by atoms with van der Waals surface area (Å²) in [6.07, 6.45) is -0.492. The number of hydrogen-bond donors (Lipinski definition) is 0. The number of carbonyl (C=O) groups is 1. The molecule has 25 heavy (non-hydrogen) atoms. The lowest BCUT2D eigenvalue weighted by Gasteiger charge is -2.35. The Bertz CT molecular complexity index is 705. The van der Waals surface area contributed by atoms with Gasteiger partial charge in [0, 0.05) is 33.1 Å². The summed E-state index contributed by atoms with van der Waals surface area (Å²) in [7, 11) is 0. The normalized spacial score (nSPS) is 16.7. The molecule has 0 N–H and O–H groups in total. The summed E-state index contributed by atoms with van der Waals surface area (Å²) in [4.78, 5) is 20.9. The third-order valence-corrected chi connectivity index (χ3v) is 4.30. The molecule has 1 aromatic carbocycles. The van der Waals surface area contributed by atoms with E-state index in [0.717, 1.165) is 18.8 Å². The molecule has 1 atom stereocenters. The van der Waals surface area contributed by atoms with Crippen LogP contribution in [-0.4, -0.2) is 58.1 Å². The second-order valence-electron chi connectivity index (χ2n) is 6.40. The smallest absolute Gasteiger partial charge is 0.263 e. The standard InChI is InChI=1S/C18H24N4O3/c1-13-4-6-16(7-5-13)24-14(2)18(23)22-10-8-21(9-11-22)12-17-19-15(3)25-20-17/h4-7,14H,8-12H2,1-3H3. The van der Waals surface area contributed by atoms with Gasteiger partial charge in [-0.05, 0) is 26.0 Å². The average molecular weight is 344 g/mol. The van der Waals surface area contributed by atoms with Gasteiger partial charge in [-0.3, -0.25) is 9.69 Å². The van der Waals surface area contributed by atoms with E-state index < -0.39 is 6.10 Å². The van der Waals surface area contributed by atoms with Gasteiger partial charge in [0.05, 0.1) is 6.54 Å². The van der Waals surface area contributed by atoms with Crippen LogP contribution in [0.2, 0.25) is 0 Å². The third-order valence-electron chi connectivity index (χ3n) is 4.30. The first kappa shape index (κ1) is 17.4. The zero-order chi connectivity index (χ0) is 17.8. The maximum atomic E-state index is 12.6. The first-order chi connectivity index (χ1) is 12.0. The highest BCUT2D eigenvalue weighted by molar-refractivity contribution is 5.81. The van der Waals surface area contributed by atoms with Crippen molar-refractivity contribution < 1.29 is 14.1 Å². The summed E-state index contributed by atoms with van der Waals surface area (Å²) < 4.78 is 10.8. The second kappa shape index (κ2) is 7.65. The molecule has 1 amide bonds. The molecule has 2 aromatic rings. The summed E-state index contributed by atoms with van der Waals surface area (Å²) in [6.45, 7) is 9.18. The second-order valence-corrected chi connectivity index (χ2v) is 6.40. The molecule has 0 spiro atoms. The predicted molar refractivity (Wildman–Crippen MR) is 92.2 cm³/mol. The fraction of sp³-hybridized carbons (Fsp3) is 0.500. The molecule has 7 nitrogen and oxygen atoms in total. The lowest BCUT2D eigenvalue weighted by molar-refractivity contribution is -0.139. The Morgan fingerprint density at radius 3 is 2.48 bits per heavy atom. The summed E-state index contributed by atoms with van der Waals surface area (Å²) in [5, 5.41) is 3.92. The highest BCUT2D eigenvalue weighted by atomic mass is 16.5. The Morgan fingerprint density at radius 2 is 1.88 bits per heavy atom. The van der Waals surface area contributed by atoms with Gasteiger partial charge in [-0.2, -0.15) is 4.98 Å². The van der Waals surface area contributed by atoms with Crippen LogP contribution in [0.1, 0.15) is 24.2 Å². The van der Waals surface area contributed by atoms with Gasteiger partial charge in [-0.15, -0.1) is 0 Å². The van der Waals surface area contributed by atoms with E-state index in [2.05, 4.69) is 15.0 Å². The summed E-state index contributed by atoms with van der Waals surface area (Å²) in [5.74, 6) is 2.01. The Morgan fingerprint density at radius 1 is 1.20 bits per heavy atom. The number of hydrogen-bond acceptors (Lipinski definition) is 6. The van der Waals surface area contributed by atoms with Gasteiger partial charge >= 0.3 is 0 Å². The monoisotopic (exact) mass is 344 g/mol. The van der Waals surface area contributed by atoms with Gasteiger partial charge in [0.1, 0.15) is 5.75 Å². The summed E-state index contributed by atoms with van der Waals surface area (Å²) in [6, 6.07) is 7.74. The van der Waals surface area contributed by atoms with Crippen LogP contribution in [-0.2, 0) is 11.3 Å². The zero-order valence-corrected chi connectivity index (χ0v) is 14.9. The molecular weight excluding hydrogens is 320 g/mol. The van der Waals surface area contributed by atoms with Crippen LogP contribution in [0.15, 0.2) is 28.8 Å². The number of piperazine rings is 1. The van der Waals surface area contributed by atoms with Crippen molar-refractivity contribution in [2.24, 2.45) is 0 Å². The van der Waals surface area contributed by atoms with E-state index in [1.54, 1.807) is 13.8 Å². The molecule has 0 aliphatic carbocycles. The van der Waals surface area contributed by atoms with Crippen molar-refractivity contribution in [3.05, 3.63) is 41.5 Å². The molecule has 3 rings (SSSR count). The van der Waals surface area contributed by atoms with Crippen LogP contribution in [0.25, 0.3) is 0 Å². The number of aryl methyl sites for hydroxylation is 2. The maximum absolute atomic E-state index is 12.6. The number of rotatable bonds is 5.